The van der Waals surface area contributed by atoms with Gasteiger partial charge in [0.1, 0.15) is 0 Å². The van der Waals surface area contributed by atoms with E-state index in [0.29, 0.717) is 12.2 Å². The zero-order chi connectivity index (χ0) is 26.3. The Kier molecular flexibility index (Phi) is 7.79. The number of H-pyrrole nitrogens is 1. The highest BCUT2D eigenvalue weighted by atomic mass is 32.2. The predicted octanol–water partition coefficient (Wildman–Crippen LogP) is 1.09. The molecule has 3 heterocycles. The summed E-state index contributed by atoms with van der Waals surface area (Å²) in [6.45, 7) is 2.57. The highest BCUT2D eigenvalue weighted by Crippen LogP contribution is 2.68. The van der Waals surface area contributed by atoms with Gasteiger partial charge in [-0.3, -0.25) is 18.9 Å². The molecule has 2 fully saturated rings. The molecule has 0 radical (unpaired) electrons. The summed E-state index contributed by atoms with van der Waals surface area (Å²) in [6.07, 6.45) is 1.64. The number of azide groups is 1. The lowest BCUT2D eigenvalue weighted by Crippen LogP contribution is -2.50. The summed E-state index contributed by atoms with van der Waals surface area (Å²) in [7, 11) is -17.0. The summed E-state index contributed by atoms with van der Waals surface area (Å²) in [5.74, 6) is -0.384. The molecule has 2 aliphatic rings. The smallest absolute Gasteiger partial charge is 0.341 e. The van der Waals surface area contributed by atoms with Crippen molar-refractivity contribution in [3.05, 3.63) is 56.2 Å². The first-order chi connectivity index (χ1) is 16.1. The molecule has 6 atom stereocenters. The number of aromatic nitrogens is 2. The van der Waals surface area contributed by atoms with Gasteiger partial charge >= 0.3 is 29.2 Å². The molecular formula is C13H18N5O13P3S. The second kappa shape index (κ2) is 9.72. The van der Waals surface area contributed by atoms with Crippen molar-refractivity contribution < 1.29 is 51.2 Å². The van der Waals surface area contributed by atoms with Crippen molar-refractivity contribution in [1.29, 1.82) is 0 Å². The quantitative estimate of drug-likeness (QED) is 0.0856. The molecule has 0 saturated carbocycles. The van der Waals surface area contributed by atoms with Gasteiger partial charge in [-0.1, -0.05) is 11.2 Å². The zero-order valence-corrected chi connectivity index (χ0v) is 20.7. The topological polar surface area (TPSA) is 273 Å². The van der Waals surface area contributed by atoms with E-state index in [9.17, 15) is 33.1 Å². The van der Waals surface area contributed by atoms with Gasteiger partial charge in [0.25, 0.3) is 5.56 Å². The van der Waals surface area contributed by atoms with Crippen molar-refractivity contribution in [2.24, 2.45) is 11.0 Å². The van der Waals surface area contributed by atoms with E-state index in [2.05, 4.69) is 34.7 Å². The van der Waals surface area contributed by atoms with Gasteiger partial charge in [0.2, 0.25) is 0 Å². The molecule has 194 valence electrons. The second-order valence-corrected chi connectivity index (χ2v) is 13.0. The Morgan fingerprint density at radius 2 is 1.97 bits per heavy atom. The third-order valence-electron chi connectivity index (χ3n) is 5.01. The Balaban J connectivity index is 1.96. The minimum atomic E-state index is -5.80. The van der Waals surface area contributed by atoms with Gasteiger partial charge in [0.15, 0.2) is 12.0 Å². The van der Waals surface area contributed by atoms with Gasteiger partial charge in [-0.25, -0.2) is 18.5 Å². The molecule has 1 aromatic rings. The average molecular weight is 577 g/mol. The first kappa shape index (κ1) is 28.0. The van der Waals surface area contributed by atoms with Gasteiger partial charge < -0.3 is 24.3 Å². The SMILES string of the molecule is C=C[C@H]1[C@]2(CCS2)[C@H](n2ccc(=O)[nH]c2=O)O[C@@]1(COP(=O)(O)OP(=O)(O)OP(=O)(O)O)N=[N+]=[N-]. The molecule has 1 aromatic heterocycles. The second-order valence-electron chi connectivity index (χ2n) is 7.15. The van der Waals surface area contributed by atoms with E-state index in [1.165, 1.54) is 17.8 Å². The van der Waals surface area contributed by atoms with E-state index in [0.717, 1.165) is 16.8 Å². The summed E-state index contributed by atoms with van der Waals surface area (Å²) in [5.41, 5.74) is 5.47. The lowest BCUT2D eigenvalue weighted by atomic mass is 9.82. The highest BCUT2D eigenvalue weighted by Gasteiger charge is 2.67. The van der Waals surface area contributed by atoms with Crippen molar-refractivity contribution >= 4 is 35.2 Å². The third kappa shape index (κ3) is 5.89. The van der Waals surface area contributed by atoms with Crippen LogP contribution in [0.1, 0.15) is 12.6 Å². The zero-order valence-electron chi connectivity index (χ0n) is 17.2. The predicted molar refractivity (Wildman–Crippen MR) is 117 cm³/mol. The molecule has 0 bridgehead atoms. The molecule has 35 heavy (non-hydrogen) atoms. The summed E-state index contributed by atoms with van der Waals surface area (Å²) in [5, 5.41) is 3.55. The Bertz CT molecular complexity index is 1320. The Morgan fingerprint density at radius 3 is 2.46 bits per heavy atom. The van der Waals surface area contributed by atoms with Crippen LogP contribution in [0.5, 0.6) is 0 Å². The van der Waals surface area contributed by atoms with Crippen molar-refractivity contribution in [1.82, 2.24) is 9.55 Å². The fraction of sp³-hybridized carbons (Fsp3) is 0.538. The minimum absolute atomic E-state index is 0.391. The van der Waals surface area contributed by atoms with E-state index in [1.54, 1.807) is 0 Å². The number of hydrogen-bond donors (Lipinski definition) is 5. The summed E-state index contributed by atoms with van der Waals surface area (Å²) in [4.78, 5) is 65.0. The monoisotopic (exact) mass is 577 g/mol. The number of thioether (sulfide) groups is 1. The molecule has 2 aliphatic heterocycles. The van der Waals surface area contributed by atoms with Crippen LogP contribution in [0.4, 0.5) is 0 Å². The van der Waals surface area contributed by atoms with Crippen LogP contribution in [0.15, 0.2) is 39.6 Å². The molecule has 5 N–H and O–H groups in total. The van der Waals surface area contributed by atoms with Gasteiger partial charge in [0.05, 0.1) is 11.4 Å². The third-order valence-corrected chi connectivity index (χ3v) is 10.4. The lowest BCUT2D eigenvalue weighted by Gasteiger charge is -2.45. The molecule has 22 heteroatoms. The number of phosphoric acid groups is 3. The maximum Gasteiger partial charge on any atom is 0.490 e. The average Bonchev–Trinajstić information content (AvgIpc) is 2.94. The summed E-state index contributed by atoms with van der Waals surface area (Å²) < 4.78 is 52.5. The fourth-order valence-corrected chi connectivity index (χ4v) is 8.24. The molecular weight excluding hydrogens is 559 g/mol. The molecule has 0 amide bonds. The van der Waals surface area contributed by atoms with Crippen molar-refractivity contribution in [2.75, 3.05) is 12.4 Å². The number of ether oxygens (including phenoxy) is 1. The van der Waals surface area contributed by atoms with Crippen LogP contribution in [-0.2, 0) is 31.6 Å². The van der Waals surface area contributed by atoms with Crippen molar-refractivity contribution in [2.45, 2.75) is 23.1 Å². The Morgan fingerprint density at radius 1 is 1.31 bits per heavy atom. The number of rotatable bonds is 10. The first-order valence-electron chi connectivity index (χ1n) is 9.19. The maximum atomic E-state index is 12.4. The van der Waals surface area contributed by atoms with Gasteiger partial charge in [-0.2, -0.15) is 8.62 Å². The normalized spacial score (nSPS) is 31.7. The molecule has 1 spiro atoms. The highest BCUT2D eigenvalue weighted by molar-refractivity contribution is 8.02. The van der Waals surface area contributed by atoms with Gasteiger partial charge in [-0.05, 0) is 17.7 Å². The van der Waals surface area contributed by atoms with E-state index < -0.39 is 63.9 Å². The molecule has 3 rings (SSSR count). The molecule has 0 aromatic carbocycles. The van der Waals surface area contributed by atoms with Crippen LogP contribution in [0.3, 0.4) is 0 Å². The van der Waals surface area contributed by atoms with Crippen LogP contribution < -0.4 is 11.2 Å². The minimum Gasteiger partial charge on any atom is -0.341 e. The van der Waals surface area contributed by atoms with Gasteiger partial charge in [0, 0.05) is 23.1 Å². The van der Waals surface area contributed by atoms with Gasteiger partial charge in [-0.15, -0.1) is 18.3 Å². The van der Waals surface area contributed by atoms with Crippen molar-refractivity contribution in [3.63, 3.8) is 0 Å². The number of phosphoric ester groups is 1. The van der Waals surface area contributed by atoms with Crippen LogP contribution in [0.25, 0.3) is 10.4 Å². The molecule has 2 unspecified atom stereocenters. The van der Waals surface area contributed by atoms with E-state index >= 15 is 0 Å². The Labute approximate surface area is 199 Å². The van der Waals surface area contributed by atoms with Crippen LogP contribution in [0, 0.1) is 5.92 Å². The van der Waals surface area contributed by atoms with Crippen LogP contribution in [0.2, 0.25) is 0 Å². The maximum absolute atomic E-state index is 12.4. The fourth-order valence-electron chi connectivity index (χ4n) is 3.76. The van der Waals surface area contributed by atoms with Crippen LogP contribution >= 0.6 is 35.2 Å². The number of hydrogen-bond acceptors (Lipinski definition) is 11. The van der Waals surface area contributed by atoms with E-state index in [1.807, 2.05) is 0 Å². The molecule has 0 aliphatic carbocycles. The summed E-state index contributed by atoms with van der Waals surface area (Å²) in [6, 6.07) is 1.05. The van der Waals surface area contributed by atoms with E-state index in [4.69, 9.17) is 20.1 Å². The number of nitrogens with one attached hydrogen (secondary N) is 1. The molecule has 18 nitrogen and oxygen atoms in total. The van der Waals surface area contributed by atoms with Crippen LogP contribution in [-0.4, -0.2) is 52.0 Å². The standard InChI is InChI=1S/C13H18N5O13P3S/c1-2-8-12(4-6-35-12)10(18-5-3-9(19)15-11(18)20)29-13(8,16-17-14)7-28-33(24,25)31-34(26,27)30-32(21,22)23/h2-3,5,8,10H,1,4,6-7H2,(H,24,25)(H,26,27)(H,15,19,20)(H2,21,22,23)/t8-,10+,12+,13+/m0/s1. The lowest BCUT2D eigenvalue weighted by molar-refractivity contribution is -0.104. The Hall–Kier alpha value is -1.55. The number of nitrogens with zero attached hydrogens (tertiary/aromatic N) is 4. The molecule has 2 saturated heterocycles. The van der Waals surface area contributed by atoms with Crippen molar-refractivity contribution in [3.8, 4) is 0 Å². The van der Waals surface area contributed by atoms with E-state index in [-0.39, 0.29) is 0 Å². The number of aromatic amines is 1. The first-order valence-corrected chi connectivity index (χ1v) is 14.7. The largest absolute Gasteiger partial charge is 0.490 e. The summed E-state index contributed by atoms with van der Waals surface area (Å²) >= 11 is 1.30.